The van der Waals surface area contributed by atoms with Crippen LogP contribution in [0.25, 0.3) is 0 Å². The van der Waals surface area contributed by atoms with E-state index in [9.17, 15) is 0 Å². The molecule has 2 N–H and O–H groups in total. The topological polar surface area (TPSA) is 29.3 Å². The van der Waals surface area contributed by atoms with Crippen molar-refractivity contribution in [2.75, 3.05) is 18.8 Å². The average molecular weight is 249 g/mol. The van der Waals surface area contributed by atoms with Gasteiger partial charge in [-0.15, -0.1) is 24.8 Å². The van der Waals surface area contributed by atoms with E-state index in [-0.39, 0.29) is 24.8 Å². The lowest BCUT2D eigenvalue weighted by Crippen LogP contribution is -2.18. The summed E-state index contributed by atoms with van der Waals surface area (Å²) in [5, 5.41) is 0. The van der Waals surface area contributed by atoms with E-state index in [0.717, 1.165) is 12.2 Å². The van der Waals surface area contributed by atoms with Gasteiger partial charge in [0, 0.05) is 12.2 Å². The highest BCUT2D eigenvalue weighted by Gasteiger charge is 2.11. The lowest BCUT2D eigenvalue weighted by atomic mass is 10.2. The summed E-state index contributed by atoms with van der Waals surface area (Å²) in [7, 11) is 0. The van der Waals surface area contributed by atoms with Crippen molar-refractivity contribution in [1.29, 1.82) is 0 Å². The van der Waals surface area contributed by atoms with Crippen molar-refractivity contribution in [1.82, 2.24) is 4.90 Å². The predicted octanol–water partition coefficient (Wildman–Crippen LogP) is 2.71. The Bertz CT molecular complexity index is 286. The van der Waals surface area contributed by atoms with Gasteiger partial charge in [-0.25, -0.2) is 0 Å². The maximum absolute atomic E-state index is 5.71. The number of hydrogen-bond acceptors (Lipinski definition) is 2. The first-order valence-corrected chi connectivity index (χ1v) is 4.91. The van der Waals surface area contributed by atoms with Gasteiger partial charge in [-0.3, -0.25) is 4.90 Å². The van der Waals surface area contributed by atoms with Crippen molar-refractivity contribution < 1.29 is 0 Å². The highest BCUT2D eigenvalue weighted by molar-refractivity contribution is 5.85. The van der Waals surface area contributed by atoms with Gasteiger partial charge in [0.1, 0.15) is 0 Å². The van der Waals surface area contributed by atoms with Gasteiger partial charge in [0.15, 0.2) is 0 Å². The summed E-state index contributed by atoms with van der Waals surface area (Å²) in [5.74, 6) is 0. The van der Waals surface area contributed by atoms with E-state index in [1.807, 2.05) is 12.1 Å². The Morgan fingerprint density at radius 3 is 2.40 bits per heavy atom. The van der Waals surface area contributed by atoms with Crippen LogP contribution in [0.2, 0.25) is 0 Å². The summed E-state index contributed by atoms with van der Waals surface area (Å²) in [6.07, 6.45) is 2.70. The summed E-state index contributed by atoms with van der Waals surface area (Å²) in [6.45, 7) is 3.55. The van der Waals surface area contributed by atoms with Gasteiger partial charge in [0.25, 0.3) is 0 Å². The van der Waals surface area contributed by atoms with Gasteiger partial charge >= 0.3 is 0 Å². The van der Waals surface area contributed by atoms with Gasteiger partial charge < -0.3 is 5.73 Å². The monoisotopic (exact) mass is 248 g/mol. The van der Waals surface area contributed by atoms with Crippen molar-refractivity contribution in [3.05, 3.63) is 29.8 Å². The fourth-order valence-electron chi connectivity index (χ4n) is 1.89. The van der Waals surface area contributed by atoms with Gasteiger partial charge in [0.05, 0.1) is 0 Å². The molecule has 0 aliphatic carbocycles. The summed E-state index contributed by atoms with van der Waals surface area (Å²) in [6, 6.07) is 8.18. The third-order valence-electron chi connectivity index (χ3n) is 2.56. The van der Waals surface area contributed by atoms with Crippen LogP contribution in [-0.4, -0.2) is 18.0 Å². The van der Waals surface area contributed by atoms with Gasteiger partial charge in [0.2, 0.25) is 0 Å². The first-order valence-electron chi connectivity index (χ1n) is 4.91. The van der Waals surface area contributed by atoms with Crippen LogP contribution in [0, 0.1) is 0 Å². The Kier molecular flexibility index (Phi) is 6.73. The van der Waals surface area contributed by atoms with E-state index in [2.05, 4.69) is 17.0 Å². The standard InChI is InChI=1S/C11H16N2.2ClH/c12-11-5-3-4-10(8-11)9-13-6-1-2-7-13;;/h3-5,8H,1-2,6-7,9,12H2;2*1H. The second-order valence-electron chi connectivity index (χ2n) is 3.73. The Morgan fingerprint density at radius 1 is 1.13 bits per heavy atom. The van der Waals surface area contributed by atoms with Crippen LogP contribution in [0.4, 0.5) is 5.69 Å². The molecule has 0 radical (unpaired) electrons. The molecule has 1 aliphatic rings. The highest BCUT2D eigenvalue weighted by atomic mass is 35.5. The molecule has 2 rings (SSSR count). The smallest absolute Gasteiger partial charge is 0.0317 e. The number of rotatable bonds is 2. The SMILES string of the molecule is Cl.Cl.Nc1cccc(CN2CCCC2)c1. The van der Waals surface area contributed by atoms with Crippen LogP contribution in [0.1, 0.15) is 18.4 Å². The molecule has 2 nitrogen and oxygen atoms in total. The molecule has 4 heteroatoms. The molecule has 1 aromatic carbocycles. The van der Waals surface area contributed by atoms with Crippen LogP contribution < -0.4 is 5.73 Å². The average Bonchev–Trinajstić information content (AvgIpc) is 2.57. The van der Waals surface area contributed by atoms with Gasteiger partial charge in [-0.1, -0.05) is 12.1 Å². The number of halogens is 2. The van der Waals surface area contributed by atoms with E-state index < -0.39 is 0 Å². The molecular formula is C11H18Cl2N2. The molecule has 0 bridgehead atoms. The van der Waals surface area contributed by atoms with Crippen LogP contribution in [0.5, 0.6) is 0 Å². The first-order chi connectivity index (χ1) is 6.34. The van der Waals surface area contributed by atoms with Crippen molar-refractivity contribution in [2.45, 2.75) is 19.4 Å². The number of hydrogen-bond donors (Lipinski definition) is 1. The largest absolute Gasteiger partial charge is 0.399 e. The normalized spacial score (nSPS) is 15.5. The molecule has 1 heterocycles. The Morgan fingerprint density at radius 2 is 1.80 bits per heavy atom. The Hall–Kier alpha value is -0.440. The molecule has 0 aromatic heterocycles. The lowest BCUT2D eigenvalue weighted by molar-refractivity contribution is 0.331. The Balaban J connectivity index is 0.000000980. The quantitative estimate of drug-likeness (QED) is 0.816. The maximum Gasteiger partial charge on any atom is 0.0317 e. The van der Waals surface area contributed by atoms with E-state index >= 15 is 0 Å². The number of benzene rings is 1. The molecule has 1 saturated heterocycles. The molecule has 15 heavy (non-hydrogen) atoms. The molecule has 1 fully saturated rings. The second kappa shape index (κ2) is 6.94. The zero-order chi connectivity index (χ0) is 9.10. The maximum atomic E-state index is 5.71. The van der Waals surface area contributed by atoms with E-state index in [1.165, 1.54) is 31.5 Å². The van der Waals surface area contributed by atoms with Crippen molar-refractivity contribution in [3.63, 3.8) is 0 Å². The molecule has 0 saturated carbocycles. The fourth-order valence-corrected chi connectivity index (χ4v) is 1.89. The molecule has 1 aliphatic heterocycles. The molecule has 86 valence electrons. The van der Waals surface area contributed by atoms with E-state index in [1.54, 1.807) is 0 Å². The second-order valence-corrected chi connectivity index (χ2v) is 3.73. The highest BCUT2D eigenvalue weighted by Crippen LogP contribution is 2.14. The number of likely N-dealkylation sites (tertiary alicyclic amines) is 1. The molecular weight excluding hydrogens is 231 g/mol. The minimum Gasteiger partial charge on any atom is -0.399 e. The van der Waals surface area contributed by atoms with Crippen LogP contribution in [0.3, 0.4) is 0 Å². The third-order valence-corrected chi connectivity index (χ3v) is 2.56. The predicted molar refractivity (Wildman–Crippen MR) is 69.9 cm³/mol. The zero-order valence-electron chi connectivity index (χ0n) is 8.69. The molecule has 0 atom stereocenters. The summed E-state index contributed by atoms with van der Waals surface area (Å²) in [5.41, 5.74) is 7.92. The minimum atomic E-state index is 0. The summed E-state index contributed by atoms with van der Waals surface area (Å²) < 4.78 is 0. The number of nitrogens with two attached hydrogens (primary N) is 1. The number of nitrogen functional groups attached to an aromatic ring is 1. The van der Waals surface area contributed by atoms with Crippen LogP contribution in [-0.2, 0) is 6.54 Å². The van der Waals surface area contributed by atoms with Gasteiger partial charge in [-0.05, 0) is 43.6 Å². The van der Waals surface area contributed by atoms with Crippen molar-refractivity contribution >= 4 is 30.5 Å². The number of nitrogens with zero attached hydrogens (tertiary/aromatic N) is 1. The number of anilines is 1. The minimum absolute atomic E-state index is 0. The fraction of sp³-hybridized carbons (Fsp3) is 0.455. The van der Waals surface area contributed by atoms with Crippen molar-refractivity contribution in [3.8, 4) is 0 Å². The van der Waals surface area contributed by atoms with Gasteiger partial charge in [-0.2, -0.15) is 0 Å². The molecule has 1 aromatic rings. The Labute approximate surface area is 104 Å². The zero-order valence-corrected chi connectivity index (χ0v) is 10.3. The van der Waals surface area contributed by atoms with Crippen LogP contribution >= 0.6 is 24.8 Å². The third kappa shape index (κ3) is 4.29. The van der Waals surface area contributed by atoms with E-state index in [0.29, 0.717) is 0 Å². The molecule has 0 amide bonds. The van der Waals surface area contributed by atoms with Crippen molar-refractivity contribution in [2.24, 2.45) is 0 Å². The first kappa shape index (κ1) is 14.6. The molecule has 0 spiro atoms. The molecule has 0 unspecified atom stereocenters. The van der Waals surface area contributed by atoms with Crippen LogP contribution in [0.15, 0.2) is 24.3 Å². The summed E-state index contributed by atoms with van der Waals surface area (Å²) >= 11 is 0. The summed E-state index contributed by atoms with van der Waals surface area (Å²) in [4.78, 5) is 2.48. The lowest BCUT2D eigenvalue weighted by Gasteiger charge is -2.14. The van der Waals surface area contributed by atoms with E-state index in [4.69, 9.17) is 5.73 Å².